The maximum Gasteiger partial charge on any atom is 0.143 e. The SMILES string of the molecule is CC1(C)c2ccccc2-c2c1ccc1c3cc(-c4ccc5c(c4)c4cc(-c6cccc7c6oc6ccccc67)ccc4n5-c4ccc(-c5cccc6c5oc5ccccc56)cc4)ccc3n(-c3ccccc3)c21. The normalized spacial score (nSPS) is 13.2. The largest absolute Gasteiger partial charge is 0.455 e. The Kier molecular flexibility index (Phi) is 8.20. The summed E-state index contributed by atoms with van der Waals surface area (Å²) in [5, 5.41) is 9.38. The number of nitrogens with zero attached hydrogens (tertiary/aromatic N) is 2. The van der Waals surface area contributed by atoms with Crippen LogP contribution in [0, 0.1) is 0 Å². The van der Waals surface area contributed by atoms with E-state index in [2.05, 4.69) is 235 Å². The lowest BCUT2D eigenvalue weighted by Crippen LogP contribution is -2.14. The second-order valence-electron chi connectivity index (χ2n) is 20.4. The van der Waals surface area contributed by atoms with E-state index in [1.807, 2.05) is 18.2 Å². The van der Waals surface area contributed by atoms with Gasteiger partial charge >= 0.3 is 0 Å². The first-order valence-electron chi connectivity index (χ1n) is 25.2. The second kappa shape index (κ2) is 14.8. The van der Waals surface area contributed by atoms with Gasteiger partial charge in [0.15, 0.2) is 0 Å². The molecule has 1 aliphatic rings. The van der Waals surface area contributed by atoms with E-state index in [0.29, 0.717) is 0 Å². The second-order valence-corrected chi connectivity index (χ2v) is 20.4. The van der Waals surface area contributed by atoms with Gasteiger partial charge in [0.2, 0.25) is 0 Å². The molecule has 0 saturated carbocycles. The molecule has 11 aromatic carbocycles. The molecule has 4 aromatic heterocycles. The van der Waals surface area contributed by atoms with Gasteiger partial charge in [-0.25, -0.2) is 0 Å². The van der Waals surface area contributed by atoms with E-state index in [1.165, 1.54) is 66.0 Å². The van der Waals surface area contributed by atoms with Crippen LogP contribution in [0.5, 0.6) is 0 Å². The molecule has 0 N–H and O–H groups in total. The molecule has 15 aromatic rings. The summed E-state index contributed by atoms with van der Waals surface area (Å²) >= 11 is 0. The topological polar surface area (TPSA) is 36.1 Å². The van der Waals surface area contributed by atoms with Crippen molar-refractivity contribution in [1.82, 2.24) is 9.13 Å². The molecule has 342 valence electrons. The molecule has 0 amide bonds. The van der Waals surface area contributed by atoms with E-state index in [0.717, 1.165) is 88.5 Å². The fourth-order valence-electron chi connectivity index (χ4n) is 12.7. The molecule has 0 radical (unpaired) electrons. The summed E-state index contributed by atoms with van der Waals surface area (Å²) in [5.74, 6) is 0. The van der Waals surface area contributed by atoms with Gasteiger partial charge < -0.3 is 18.0 Å². The average molecular weight is 933 g/mol. The van der Waals surface area contributed by atoms with Gasteiger partial charge in [0.25, 0.3) is 0 Å². The quantitative estimate of drug-likeness (QED) is 0.172. The molecule has 1 aliphatic carbocycles. The van der Waals surface area contributed by atoms with Crippen LogP contribution in [0.4, 0.5) is 0 Å². The standard InChI is InChI=1S/C69H44N2O2/c1-69(2)58-23-9-6-18-54(58)65-59(69)34-33-51-55-38-42(29-36-62(55)71(66(51)65)45-14-4-3-5-15-45)43-28-35-60-56(39-43)57-40-44(48-20-13-22-53-50-17-8-11-25-64(50)73-68(48)53)30-37-61(57)70(60)46-31-26-41(27-32-46)47-19-12-21-52-49-16-7-10-24-63(49)72-67(47)52/h3-40H,1-2H3. The van der Waals surface area contributed by atoms with Crippen molar-refractivity contribution in [2.24, 2.45) is 0 Å². The zero-order chi connectivity index (χ0) is 48.1. The van der Waals surface area contributed by atoms with Crippen LogP contribution in [0.3, 0.4) is 0 Å². The van der Waals surface area contributed by atoms with Crippen LogP contribution in [-0.4, -0.2) is 9.13 Å². The molecule has 0 bridgehead atoms. The van der Waals surface area contributed by atoms with Crippen molar-refractivity contribution in [1.29, 1.82) is 0 Å². The third kappa shape index (κ3) is 5.66. The lowest BCUT2D eigenvalue weighted by atomic mass is 9.82. The maximum atomic E-state index is 6.61. The Morgan fingerprint density at radius 3 is 1.45 bits per heavy atom. The molecule has 4 nitrogen and oxygen atoms in total. The number of hydrogen-bond acceptors (Lipinski definition) is 2. The van der Waals surface area contributed by atoms with Gasteiger partial charge in [0, 0.05) is 76.6 Å². The van der Waals surface area contributed by atoms with Crippen molar-refractivity contribution in [3.8, 4) is 55.9 Å². The Morgan fingerprint density at radius 1 is 0.315 bits per heavy atom. The molecule has 0 saturated heterocycles. The molecular formula is C69H44N2O2. The zero-order valence-corrected chi connectivity index (χ0v) is 40.2. The summed E-state index contributed by atoms with van der Waals surface area (Å²) in [5.41, 5.74) is 22.6. The highest BCUT2D eigenvalue weighted by atomic mass is 16.3. The Balaban J connectivity index is 0.898. The predicted octanol–water partition coefficient (Wildman–Crippen LogP) is 19.0. The summed E-state index contributed by atoms with van der Waals surface area (Å²) in [6.45, 7) is 4.73. The fraction of sp³-hybridized carbons (Fsp3) is 0.0435. The lowest BCUT2D eigenvalue weighted by Gasteiger charge is -2.21. The van der Waals surface area contributed by atoms with Crippen LogP contribution in [0.2, 0.25) is 0 Å². The molecule has 0 spiro atoms. The minimum Gasteiger partial charge on any atom is -0.455 e. The van der Waals surface area contributed by atoms with Crippen LogP contribution < -0.4 is 0 Å². The summed E-state index contributed by atoms with van der Waals surface area (Å²) in [6.07, 6.45) is 0. The van der Waals surface area contributed by atoms with Crippen LogP contribution in [-0.2, 0) is 5.41 Å². The summed E-state index contributed by atoms with van der Waals surface area (Å²) in [4.78, 5) is 0. The van der Waals surface area contributed by atoms with E-state index < -0.39 is 0 Å². The summed E-state index contributed by atoms with van der Waals surface area (Å²) in [6, 6.07) is 84.2. The highest BCUT2D eigenvalue weighted by molar-refractivity contribution is 6.18. The Morgan fingerprint density at radius 2 is 0.795 bits per heavy atom. The molecular weight excluding hydrogens is 889 g/mol. The Labute approximate surface area is 420 Å². The van der Waals surface area contributed by atoms with E-state index in [-0.39, 0.29) is 5.41 Å². The molecule has 0 atom stereocenters. The highest BCUT2D eigenvalue weighted by Crippen LogP contribution is 2.53. The molecule has 4 heteroatoms. The summed E-state index contributed by atoms with van der Waals surface area (Å²) in [7, 11) is 0. The van der Waals surface area contributed by atoms with Crippen molar-refractivity contribution in [3.05, 3.63) is 242 Å². The number of para-hydroxylation sites is 5. The maximum absolute atomic E-state index is 6.61. The zero-order valence-electron chi connectivity index (χ0n) is 40.2. The molecule has 0 aliphatic heterocycles. The van der Waals surface area contributed by atoms with Gasteiger partial charge in [-0.2, -0.15) is 0 Å². The van der Waals surface area contributed by atoms with Gasteiger partial charge in [0.05, 0.1) is 22.1 Å². The first kappa shape index (κ1) is 40.4. The lowest BCUT2D eigenvalue weighted by molar-refractivity contribution is 0.661. The highest BCUT2D eigenvalue weighted by Gasteiger charge is 2.37. The minimum atomic E-state index is -0.109. The minimum absolute atomic E-state index is 0.109. The van der Waals surface area contributed by atoms with Crippen LogP contribution in [0.1, 0.15) is 25.0 Å². The van der Waals surface area contributed by atoms with Gasteiger partial charge in [-0.15, -0.1) is 0 Å². The van der Waals surface area contributed by atoms with Gasteiger partial charge in [0.1, 0.15) is 22.3 Å². The number of rotatable bonds is 5. The van der Waals surface area contributed by atoms with E-state index in [4.69, 9.17) is 8.83 Å². The van der Waals surface area contributed by atoms with E-state index in [1.54, 1.807) is 0 Å². The number of aromatic nitrogens is 2. The Bertz CT molecular complexity index is 4810. The summed E-state index contributed by atoms with van der Waals surface area (Å²) < 4.78 is 18.0. The van der Waals surface area contributed by atoms with Crippen LogP contribution in [0.25, 0.3) is 143 Å². The monoisotopic (exact) mass is 932 g/mol. The number of furan rings is 2. The number of benzene rings is 11. The van der Waals surface area contributed by atoms with E-state index in [9.17, 15) is 0 Å². The van der Waals surface area contributed by atoms with Crippen molar-refractivity contribution in [2.45, 2.75) is 19.3 Å². The molecule has 4 heterocycles. The van der Waals surface area contributed by atoms with Crippen molar-refractivity contribution < 1.29 is 8.83 Å². The molecule has 0 unspecified atom stereocenters. The van der Waals surface area contributed by atoms with Gasteiger partial charge in [-0.05, 0) is 112 Å². The van der Waals surface area contributed by atoms with Crippen molar-refractivity contribution in [3.63, 3.8) is 0 Å². The Hall–Kier alpha value is -9.38. The average Bonchev–Trinajstić information content (AvgIpc) is 4.27. The molecule has 16 rings (SSSR count). The first-order chi connectivity index (χ1) is 36.0. The molecule has 73 heavy (non-hydrogen) atoms. The first-order valence-corrected chi connectivity index (χ1v) is 25.2. The third-order valence-electron chi connectivity index (χ3n) is 16.1. The van der Waals surface area contributed by atoms with Gasteiger partial charge in [-0.1, -0.05) is 172 Å². The van der Waals surface area contributed by atoms with Crippen LogP contribution >= 0.6 is 0 Å². The smallest absolute Gasteiger partial charge is 0.143 e. The van der Waals surface area contributed by atoms with Crippen molar-refractivity contribution >= 4 is 87.5 Å². The van der Waals surface area contributed by atoms with Crippen molar-refractivity contribution in [2.75, 3.05) is 0 Å². The van der Waals surface area contributed by atoms with Gasteiger partial charge in [-0.3, -0.25) is 0 Å². The number of hydrogen-bond donors (Lipinski definition) is 0. The van der Waals surface area contributed by atoms with E-state index >= 15 is 0 Å². The molecule has 0 fully saturated rings. The van der Waals surface area contributed by atoms with Crippen LogP contribution in [0.15, 0.2) is 239 Å². The predicted molar refractivity (Wildman–Crippen MR) is 304 cm³/mol. The fourth-order valence-corrected chi connectivity index (χ4v) is 12.7. The number of fused-ring (bicyclic) bond motifs is 16. The third-order valence-corrected chi connectivity index (χ3v) is 16.1.